The zero-order chi connectivity index (χ0) is 14.9. The van der Waals surface area contributed by atoms with Crippen LogP contribution in [-0.2, 0) is 15.6 Å². The first-order valence-corrected chi connectivity index (χ1v) is 9.14. The molecule has 0 aliphatic carbocycles. The number of hydrogen-bond acceptors (Lipinski definition) is 3. The Labute approximate surface area is 131 Å². The third-order valence-electron chi connectivity index (χ3n) is 2.85. The van der Waals surface area contributed by atoms with Crippen molar-refractivity contribution in [2.45, 2.75) is 31.3 Å². The average Bonchev–Trinajstić information content (AvgIpc) is 2.76. The number of imidazole rings is 1. The predicted molar refractivity (Wildman–Crippen MR) is 82.6 cm³/mol. The quantitative estimate of drug-likeness (QED) is 0.763. The van der Waals surface area contributed by atoms with Crippen molar-refractivity contribution in [2.24, 2.45) is 0 Å². The predicted octanol–water partition coefficient (Wildman–Crippen LogP) is 3.74. The van der Waals surface area contributed by atoms with Gasteiger partial charge in [-0.15, -0.1) is 0 Å². The fourth-order valence-corrected chi connectivity index (χ4v) is 3.01. The van der Waals surface area contributed by atoms with Crippen molar-refractivity contribution in [2.75, 3.05) is 0 Å². The average molecular weight is 378 g/mol. The van der Waals surface area contributed by atoms with Gasteiger partial charge in [-0.2, -0.15) is 0 Å². The van der Waals surface area contributed by atoms with Crippen LogP contribution in [0, 0.1) is 0 Å². The largest absolute Gasteiger partial charge is 0.329 e. The Balaban J connectivity index is 2.46. The standard InChI is InChI=1S/C13H14BrClN2O2S/c1-9(2)13-16-12(20(15,18)19)8-17(13)7-10-5-3-4-6-11(10)14/h3-6,8-9H,7H2,1-2H3. The Morgan fingerprint density at radius 3 is 2.55 bits per heavy atom. The van der Waals surface area contributed by atoms with E-state index in [4.69, 9.17) is 10.7 Å². The fourth-order valence-electron chi connectivity index (χ4n) is 1.92. The van der Waals surface area contributed by atoms with E-state index in [1.807, 2.05) is 42.7 Å². The van der Waals surface area contributed by atoms with E-state index in [1.54, 1.807) is 0 Å². The van der Waals surface area contributed by atoms with Crippen LogP contribution in [0.3, 0.4) is 0 Å². The summed E-state index contributed by atoms with van der Waals surface area (Å²) >= 11 is 3.48. The molecule has 0 unspecified atom stereocenters. The Kier molecular flexibility index (Phi) is 4.56. The Morgan fingerprint density at radius 2 is 2.00 bits per heavy atom. The molecule has 0 fully saturated rings. The minimum atomic E-state index is -3.81. The summed E-state index contributed by atoms with van der Waals surface area (Å²) < 4.78 is 25.6. The third kappa shape index (κ3) is 3.42. The van der Waals surface area contributed by atoms with Crippen LogP contribution in [0.4, 0.5) is 0 Å². The van der Waals surface area contributed by atoms with Crippen molar-refractivity contribution in [1.29, 1.82) is 0 Å². The maximum atomic E-state index is 11.4. The number of hydrogen-bond donors (Lipinski definition) is 0. The van der Waals surface area contributed by atoms with E-state index in [0.29, 0.717) is 12.4 Å². The molecule has 1 aromatic heterocycles. The van der Waals surface area contributed by atoms with E-state index >= 15 is 0 Å². The van der Waals surface area contributed by atoms with Crippen LogP contribution in [0.25, 0.3) is 0 Å². The Hall–Kier alpha value is -0.850. The lowest BCUT2D eigenvalue weighted by molar-refractivity contribution is 0.606. The van der Waals surface area contributed by atoms with Crippen molar-refractivity contribution in [3.8, 4) is 0 Å². The molecule has 0 spiro atoms. The Morgan fingerprint density at radius 1 is 1.35 bits per heavy atom. The molecule has 0 bridgehead atoms. The maximum absolute atomic E-state index is 11.4. The summed E-state index contributed by atoms with van der Waals surface area (Å²) in [5.74, 6) is 0.796. The van der Waals surface area contributed by atoms with Crippen molar-refractivity contribution >= 4 is 35.7 Å². The van der Waals surface area contributed by atoms with E-state index in [1.165, 1.54) is 6.20 Å². The number of aromatic nitrogens is 2. The molecule has 0 N–H and O–H groups in total. The van der Waals surface area contributed by atoms with Gasteiger partial charge in [0.1, 0.15) is 5.82 Å². The number of benzene rings is 1. The van der Waals surface area contributed by atoms with Crippen LogP contribution in [0.5, 0.6) is 0 Å². The number of nitrogens with zero attached hydrogens (tertiary/aromatic N) is 2. The van der Waals surface area contributed by atoms with Crippen LogP contribution in [0.1, 0.15) is 31.2 Å². The van der Waals surface area contributed by atoms with Crippen LogP contribution >= 0.6 is 26.6 Å². The minimum Gasteiger partial charge on any atom is -0.329 e. The molecular weight excluding hydrogens is 364 g/mol. The second kappa shape index (κ2) is 5.87. The molecule has 4 nitrogen and oxygen atoms in total. The molecular formula is C13H14BrClN2O2S. The molecule has 0 saturated heterocycles. The summed E-state index contributed by atoms with van der Waals surface area (Å²) in [6.07, 6.45) is 1.48. The highest BCUT2D eigenvalue weighted by atomic mass is 79.9. The monoisotopic (exact) mass is 376 g/mol. The molecule has 0 saturated carbocycles. The molecule has 0 amide bonds. The summed E-state index contributed by atoms with van der Waals surface area (Å²) in [5.41, 5.74) is 1.05. The van der Waals surface area contributed by atoms with E-state index in [2.05, 4.69) is 20.9 Å². The summed E-state index contributed by atoms with van der Waals surface area (Å²) in [6.45, 7) is 4.46. The summed E-state index contributed by atoms with van der Waals surface area (Å²) in [4.78, 5) is 4.13. The SMILES string of the molecule is CC(C)c1nc(S(=O)(=O)Cl)cn1Cc1ccccc1Br. The fraction of sp³-hybridized carbons (Fsp3) is 0.308. The van der Waals surface area contributed by atoms with Gasteiger partial charge in [0.05, 0.1) is 0 Å². The highest BCUT2D eigenvalue weighted by Gasteiger charge is 2.19. The van der Waals surface area contributed by atoms with Crippen molar-refractivity contribution in [3.05, 3.63) is 46.3 Å². The molecule has 0 radical (unpaired) electrons. The molecule has 2 rings (SSSR count). The number of rotatable bonds is 4. The molecule has 0 atom stereocenters. The molecule has 7 heteroatoms. The molecule has 20 heavy (non-hydrogen) atoms. The maximum Gasteiger partial charge on any atom is 0.280 e. The van der Waals surface area contributed by atoms with Crippen molar-refractivity contribution in [1.82, 2.24) is 9.55 Å². The lowest BCUT2D eigenvalue weighted by atomic mass is 10.2. The zero-order valence-corrected chi connectivity index (χ0v) is 14.2. The molecule has 0 aliphatic rings. The second-order valence-corrected chi connectivity index (χ2v) is 8.12. The van der Waals surface area contributed by atoms with Crippen LogP contribution in [0.15, 0.2) is 40.0 Å². The van der Waals surface area contributed by atoms with Crippen molar-refractivity contribution in [3.63, 3.8) is 0 Å². The van der Waals surface area contributed by atoms with Crippen molar-refractivity contribution < 1.29 is 8.42 Å². The van der Waals surface area contributed by atoms with Gasteiger partial charge in [0.25, 0.3) is 9.05 Å². The van der Waals surface area contributed by atoms with E-state index in [-0.39, 0.29) is 10.9 Å². The molecule has 108 valence electrons. The van der Waals surface area contributed by atoms with E-state index in [9.17, 15) is 8.42 Å². The van der Waals surface area contributed by atoms with Gasteiger partial charge in [0, 0.05) is 33.8 Å². The van der Waals surface area contributed by atoms with Gasteiger partial charge in [-0.25, -0.2) is 13.4 Å². The molecule has 1 heterocycles. The van der Waals surface area contributed by atoms with Gasteiger partial charge >= 0.3 is 0 Å². The highest BCUT2D eigenvalue weighted by molar-refractivity contribution is 9.10. The number of halogens is 2. The summed E-state index contributed by atoms with van der Waals surface area (Å²) in [6, 6.07) is 7.79. The third-order valence-corrected chi connectivity index (χ3v) is 4.79. The second-order valence-electron chi connectivity index (χ2n) is 4.75. The minimum absolute atomic E-state index is 0.102. The summed E-state index contributed by atoms with van der Waals surface area (Å²) in [7, 11) is 1.56. The highest BCUT2D eigenvalue weighted by Crippen LogP contribution is 2.23. The summed E-state index contributed by atoms with van der Waals surface area (Å²) in [5, 5.41) is -0.102. The topological polar surface area (TPSA) is 52.0 Å². The zero-order valence-electron chi connectivity index (χ0n) is 11.0. The van der Waals surface area contributed by atoms with Gasteiger partial charge in [-0.3, -0.25) is 0 Å². The van der Waals surface area contributed by atoms with E-state index < -0.39 is 9.05 Å². The lowest BCUT2D eigenvalue weighted by Crippen LogP contribution is -2.06. The van der Waals surface area contributed by atoms with E-state index in [0.717, 1.165) is 10.0 Å². The van der Waals surface area contributed by atoms with Crippen LogP contribution < -0.4 is 0 Å². The van der Waals surface area contributed by atoms with Crippen LogP contribution in [0.2, 0.25) is 0 Å². The first-order chi connectivity index (χ1) is 9.29. The van der Waals surface area contributed by atoms with Gasteiger partial charge in [0.15, 0.2) is 5.03 Å². The molecule has 0 aliphatic heterocycles. The molecule has 1 aromatic carbocycles. The Bertz CT molecular complexity index is 726. The lowest BCUT2D eigenvalue weighted by Gasteiger charge is -2.11. The van der Waals surface area contributed by atoms with Gasteiger partial charge in [-0.1, -0.05) is 48.0 Å². The van der Waals surface area contributed by atoms with Gasteiger partial charge in [-0.05, 0) is 11.6 Å². The van der Waals surface area contributed by atoms with Gasteiger partial charge in [0.2, 0.25) is 0 Å². The van der Waals surface area contributed by atoms with Gasteiger partial charge < -0.3 is 4.57 Å². The normalized spacial score (nSPS) is 12.1. The first kappa shape index (κ1) is 15.5. The van der Waals surface area contributed by atoms with Crippen LogP contribution in [-0.4, -0.2) is 18.0 Å². The first-order valence-electron chi connectivity index (χ1n) is 6.04. The molecule has 2 aromatic rings. The smallest absolute Gasteiger partial charge is 0.280 e.